The summed E-state index contributed by atoms with van der Waals surface area (Å²) in [6.07, 6.45) is 5.90. The van der Waals surface area contributed by atoms with Crippen molar-refractivity contribution in [2.24, 2.45) is 5.41 Å². The monoisotopic (exact) mass is 253 g/mol. The van der Waals surface area contributed by atoms with Crippen molar-refractivity contribution in [3.05, 3.63) is 22.9 Å². The molecule has 0 saturated carbocycles. The molecule has 18 heavy (non-hydrogen) atoms. The number of aryl methyl sites for hydroxylation is 1. The highest BCUT2D eigenvalue weighted by atomic mass is 16.1. The summed E-state index contributed by atoms with van der Waals surface area (Å²) in [4.78, 5) is 11.9. The van der Waals surface area contributed by atoms with Gasteiger partial charge < -0.3 is 5.32 Å². The van der Waals surface area contributed by atoms with Crippen LogP contribution in [-0.4, -0.2) is 22.2 Å². The second-order valence-electron chi connectivity index (χ2n) is 6.03. The third-order valence-electron chi connectivity index (χ3n) is 2.96. The standard InChI is InChI=1S/C14H27N3O/c1-5-9-16-11-12-17(13(16)18)10-8-15-7-6-14(2,3)4/h11-12,15H,5-10H2,1-4H3. The Bertz CT molecular complexity index is 398. The number of imidazole rings is 1. The summed E-state index contributed by atoms with van der Waals surface area (Å²) in [6.45, 7) is 12.2. The average molecular weight is 253 g/mol. The van der Waals surface area contributed by atoms with E-state index in [0.717, 1.165) is 39.0 Å². The Morgan fingerprint density at radius 2 is 1.72 bits per heavy atom. The Balaban J connectivity index is 2.30. The van der Waals surface area contributed by atoms with Gasteiger partial charge in [-0.15, -0.1) is 0 Å². The lowest BCUT2D eigenvalue weighted by Crippen LogP contribution is -2.29. The Hall–Kier alpha value is -1.03. The maximum atomic E-state index is 11.9. The van der Waals surface area contributed by atoms with E-state index < -0.39 is 0 Å². The molecule has 0 aliphatic rings. The minimum atomic E-state index is 0.106. The van der Waals surface area contributed by atoms with Crippen LogP contribution in [0.5, 0.6) is 0 Å². The van der Waals surface area contributed by atoms with Crippen molar-refractivity contribution in [3.63, 3.8) is 0 Å². The van der Waals surface area contributed by atoms with E-state index >= 15 is 0 Å². The Labute approximate surface area is 110 Å². The van der Waals surface area contributed by atoms with Crippen LogP contribution in [0.4, 0.5) is 0 Å². The Morgan fingerprint density at radius 1 is 1.11 bits per heavy atom. The fourth-order valence-electron chi connectivity index (χ4n) is 1.82. The quantitative estimate of drug-likeness (QED) is 0.756. The van der Waals surface area contributed by atoms with Gasteiger partial charge in [-0.2, -0.15) is 0 Å². The minimum Gasteiger partial charge on any atom is -0.315 e. The van der Waals surface area contributed by atoms with E-state index in [-0.39, 0.29) is 5.69 Å². The summed E-state index contributed by atoms with van der Waals surface area (Å²) in [5.41, 5.74) is 0.475. The summed E-state index contributed by atoms with van der Waals surface area (Å²) < 4.78 is 3.55. The van der Waals surface area contributed by atoms with Gasteiger partial charge in [-0.1, -0.05) is 27.7 Å². The van der Waals surface area contributed by atoms with Gasteiger partial charge in [0.1, 0.15) is 0 Å². The smallest absolute Gasteiger partial charge is 0.315 e. The first-order valence-corrected chi connectivity index (χ1v) is 6.90. The van der Waals surface area contributed by atoms with E-state index in [0.29, 0.717) is 5.41 Å². The molecule has 0 radical (unpaired) electrons. The van der Waals surface area contributed by atoms with Gasteiger partial charge in [0, 0.05) is 32.0 Å². The zero-order chi connectivity index (χ0) is 13.6. The molecule has 4 heteroatoms. The van der Waals surface area contributed by atoms with Gasteiger partial charge in [0.25, 0.3) is 0 Å². The second kappa shape index (κ2) is 6.78. The van der Waals surface area contributed by atoms with E-state index in [1.54, 1.807) is 9.13 Å². The second-order valence-corrected chi connectivity index (χ2v) is 6.03. The summed E-state index contributed by atoms with van der Waals surface area (Å²) in [6, 6.07) is 0. The predicted octanol–water partition coefficient (Wildman–Crippen LogP) is 2.09. The van der Waals surface area contributed by atoms with E-state index in [1.807, 2.05) is 12.4 Å². The molecule has 4 nitrogen and oxygen atoms in total. The molecule has 0 atom stereocenters. The molecular formula is C14H27N3O. The molecule has 0 aliphatic carbocycles. The number of hydrogen-bond acceptors (Lipinski definition) is 2. The topological polar surface area (TPSA) is 39.0 Å². The predicted molar refractivity (Wildman–Crippen MR) is 75.9 cm³/mol. The van der Waals surface area contributed by atoms with E-state index in [1.165, 1.54) is 0 Å². The molecule has 0 spiro atoms. The molecule has 0 aromatic carbocycles. The molecule has 0 bridgehead atoms. The van der Waals surface area contributed by atoms with Crippen LogP contribution in [0.15, 0.2) is 17.2 Å². The lowest BCUT2D eigenvalue weighted by Gasteiger charge is -2.18. The summed E-state index contributed by atoms with van der Waals surface area (Å²) in [5.74, 6) is 0. The number of nitrogens with one attached hydrogen (secondary N) is 1. The van der Waals surface area contributed by atoms with Crippen molar-refractivity contribution in [3.8, 4) is 0 Å². The zero-order valence-electron chi connectivity index (χ0n) is 12.2. The van der Waals surface area contributed by atoms with E-state index in [9.17, 15) is 4.79 Å². The van der Waals surface area contributed by atoms with Crippen LogP contribution in [0.25, 0.3) is 0 Å². The van der Waals surface area contributed by atoms with Crippen molar-refractivity contribution in [2.75, 3.05) is 13.1 Å². The van der Waals surface area contributed by atoms with Gasteiger partial charge in [0.15, 0.2) is 0 Å². The molecule has 0 unspecified atom stereocenters. The number of nitrogens with zero attached hydrogens (tertiary/aromatic N) is 2. The highest BCUT2D eigenvalue weighted by Crippen LogP contribution is 2.16. The first-order valence-electron chi connectivity index (χ1n) is 6.90. The average Bonchev–Trinajstić information content (AvgIpc) is 2.60. The van der Waals surface area contributed by atoms with Crippen molar-refractivity contribution >= 4 is 0 Å². The number of rotatable bonds is 7. The molecule has 0 fully saturated rings. The Kier molecular flexibility index (Phi) is 5.66. The molecule has 1 heterocycles. The van der Waals surface area contributed by atoms with Gasteiger partial charge in [-0.05, 0) is 24.8 Å². The zero-order valence-corrected chi connectivity index (χ0v) is 12.2. The molecule has 0 amide bonds. The van der Waals surface area contributed by atoms with Crippen molar-refractivity contribution in [1.82, 2.24) is 14.5 Å². The van der Waals surface area contributed by atoms with Gasteiger partial charge in [-0.3, -0.25) is 9.13 Å². The molecule has 1 aromatic rings. The SMILES string of the molecule is CCCn1ccn(CCNCCC(C)(C)C)c1=O. The van der Waals surface area contributed by atoms with Gasteiger partial charge in [-0.25, -0.2) is 4.79 Å². The van der Waals surface area contributed by atoms with Gasteiger partial charge in [0.05, 0.1) is 0 Å². The highest BCUT2D eigenvalue weighted by molar-refractivity contribution is 4.81. The van der Waals surface area contributed by atoms with Gasteiger partial charge >= 0.3 is 5.69 Å². The molecule has 1 aromatic heterocycles. The first kappa shape index (κ1) is 15.0. The normalized spacial score (nSPS) is 12.0. The summed E-state index contributed by atoms with van der Waals surface area (Å²) >= 11 is 0. The van der Waals surface area contributed by atoms with Crippen LogP contribution >= 0.6 is 0 Å². The van der Waals surface area contributed by atoms with E-state index in [2.05, 4.69) is 33.0 Å². The third kappa shape index (κ3) is 5.08. The molecular weight excluding hydrogens is 226 g/mol. The first-order chi connectivity index (χ1) is 8.44. The molecule has 0 aliphatic heterocycles. The summed E-state index contributed by atoms with van der Waals surface area (Å²) in [7, 11) is 0. The fraction of sp³-hybridized carbons (Fsp3) is 0.786. The number of aromatic nitrogens is 2. The summed E-state index contributed by atoms with van der Waals surface area (Å²) in [5, 5.41) is 3.39. The third-order valence-corrected chi connectivity index (χ3v) is 2.96. The van der Waals surface area contributed by atoms with Crippen LogP contribution < -0.4 is 11.0 Å². The van der Waals surface area contributed by atoms with E-state index in [4.69, 9.17) is 0 Å². The molecule has 104 valence electrons. The van der Waals surface area contributed by atoms with Crippen LogP contribution in [0, 0.1) is 5.41 Å². The van der Waals surface area contributed by atoms with Gasteiger partial charge in [0.2, 0.25) is 0 Å². The fourth-order valence-corrected chi connectivity index (χ4v) is 1.82. The van der Waals surface area contributed by atoms with Crippen molar-refractivity contribution in [1.29, 1.82) is 0 Å². The molecule has 1 N–H and O–H groups in total. The Morgan fingerprint density at radius 3 is 2.28 bits per heavy atom. The molecule has 0 saturated heterocycles. The largest absolute Gasteiger partial charge is 0.328 e. The van der Waals surface area contributed by atoms with Crippen LogP contribution in [0.1, 0.15) is 40.5 Å². The van der Waals surface area contributed by atoms with Crippen LogP contribution in [-0.2, 0) is 13.1 Å². The number of hydrogen-bond donors (Lipinski definition) is 1. The van der Waals surface area contributed by atoms with Crippen LogP contribution in [0.2, 0.25) is 0 Å². The molecule has 1 rings (SSSR count). The maximum Gasteiger partial charge on any atom is 0.328 e. The van der Waals surface area contributed by atoms with Crippen molar-refractivity contribution in [2.45, 2.75) is 53.6 Å². The highest BCUT2D eigenvalue weighted by Gasteiger charge is 2.08. The lowest BCUT2D eigenvalue weighted by atomic mass is 9.92. The van der Waals surface area contributed by atoms with Crippen molar-refractivity contribution < 1.29 is 0 Å². The lowest BCUT2D eigenvalue weighted by molar-refractivity contribution is 0.365. The van der Waals surface area contributed by atoms with Crippen LogP contribution in [0.3, 0.4) is 0 Å². The minimum absolute atomic E-state index is 0.106. The maximum absolute atomic E-state index is 11.9.